The Balaban J connectivity index is 4.14. The highest BCUT2D eigenvalue weighted by atomic mass is 31.2. The van der Waals surface area contributed by atoms with Crippen LogP contribution in [0, 0.1) is 0 Å². The first-order chi connectivity index (χ1) is 30.4. The normalized spacial score (nSPS) is 14.5. The molecular weight excluding hydrogens is 808 g/mol. The lowest BCUT2D eigenvalue weighted by molar-refractivity contribution is -0.870. The van der Waals surface area contributed by atoms with E-state index < -0.39 is 32.7 Å². The van der Waals surface area contributed by atoms with Gasteiger partial charge in [-0.05, 0) is 12.8 Å². The fourth-order valence-electron chi connectivity index (χ4n) is 8.55. The number of hydrogen-bond donors (Lipinski definition) is 3. The summed E-state index contributed by atoms with van der Waals surface area (Å²) in [6.45, 7) is 4.48. The first-order valence-electron chi connectivity index (χ1n) is 27.5. The summed E-state index contributed by atoms with van der Waals surface area (Å²) in [5.41, 5.74) is 0. The van der Waals surface area contributed by atoms with Gasteiger partial charge in [0.1, 0.15) is 19.3 Å². The first kappa shape index (κ1) is 62.5. The average Bonchev–Trinajstić information content (AvgIpc) is 3.24. The van der Waals surface area contributed by atoms with Crippen LogP contribution in [0.1, 0.15) is 277 Å². The number of nitrogens with zero attached hydrogens (tertiary/aromatic N) is 1. The third-order valence-electron chi connectivity index (χ3n) is 12.9. The van der Waals surface area contributed by atoms with Gasteiger partial charge in [-0.15, -0.1) is 0 Å². The van der Waals surface area contributed by atoms with Gasteiger partial charge in [-0.3, -0.25) is 9.36 Å². The molecule has 0 radical (unpaired) electrons. The van der Waals surface area contributed by atoms with Crippen molar-refractivity contribution in [2.75, 3.05) is 40.9 Å². The van der Waals surface area contributed by atoms with E-state index in [0.717, 1.165) is 38.5 Å². The largest absolute Gasteiger partial charge is 0.756 e. The van der Waals surface area contributed by atoms with Gasteiger partial charge in [-0.25, -0.2) is 0 Å². The Morgan fingerprint density at radius 3 is 1.13 bits per heavy atom. The van der Waals surface area contributed by atoms with E-state index >= 15 is 0 Å². The summed E-state index contributed by atoms with van der Waals surface area (Å²) in [5.74, 6) is -0.272. The molecule has 0 aliphatic heterocycles. The molecule has 4 atom stereocenters. The number of aliphatic hydroxyl groups is 2. The molecule has 0 aliphatic rings. The Bertz CT molecular complexity index is 1010. The molecule has 63 heavy (non-hydrogen) atoms. The minimum Gasteiger partial charge on any atom is -0.756 e. The van der Waals surface area contributed by atoms with Gasteiger partial charge in [-0.1, -0.05) is 258 Å². The molecule has 0 saturated heterocycles. The summed E-state index contributed by atoms with van der Waals surface area (Å²) >= 11 is 0. The maximum atomic E-state index is 13.0. The molecule has 9 nitrogen and oxygen atoms in total. The lowest BCUT2D eigenvalue weighted by Gasteiger charge is -2.31. The molecule has 0 aromatic carbocycles. The predicted molar refractivity (Wildman–Crippen MR) is 267 cm³/mol. The third-order valence-corrected chi connectivity index (χ3v) is 13.9. The third kappa shape index (κ3) is 46.4. The van der Waals surface area contributed by atoms with Gasteiger partial charge in [0.2, 0.25) is 5.91 Å². The Morgan fingerprint density at radius 2 is 0.810 bits per heavy atom. The number of unbranched alkanes of at least 4 members (excludes halogenated alkanes) is 37. The molecule has 0 saturated carbocycles. The molecule has 0 heterocycles. The van der Waals surface area contributed by atoms with Crippen LogP contribution in [0.3, 0.4) is 0 Å². The molecule has 378 valence electrons. The SMILES string of the molecule is CCCCCCCCCCCCCCCCCCCCCCCCCCCCCC(=O)NC(COP(=O)([O-])OCC[N+](C)(C)C)C(O)C(O)CCCCCCCCCCCCCC. The van der Waals surface area contributed by atoms with Crippen molar-refractivity contribution in [2.45, 2.75) is 295 Å². The molecular formula is C53H109N2O7P. The highest BCUT2D eigenvalue weighted by Crippen LogP contribution is 2.38. The van der Waals surface area contributed by atoms with Crippen LogP contribution in [0.4, 0.5) is 0 Å². The van der Waals surface area contributed by atoms with Crippen molar-refractivity contribution >= 4 is 13.7 Å². The number of rotatable bonds is 51. The second kappa shape index (κ2) is 45.3. The molecule has 0 aliphatic carbocycles. The molecule has 4 unspecified atom stereocenters. The van der Waals surface area contributed by atoms with E-state index in [1.165, 1.54) is 212 Å². The van der Waals surface area contributed by atoms with E-state index in [9.17, 15) is 24.5 Å². The summed E-state index contributed by atoms with van der Waals surface area (Å²) in [5, 5.41) is 24.7. The number of amides is 1. The zero-order chi connectivity index (χ0) is 46.5. The minimum absolute atomic E-state index is 0.0366. The van der Waals surface area contributed by atoms with Gasteiger partial charge in [0.05, 0.1) is 39.9 Å². The molecule has 1 amide bonds. The van der Waals surface area contributed by atoms with Crippen molar-refractivity contribution in [1.29, 1.82) is 0 Å². The highest BCUT2D eigenvalue weighted by Gasteiger charge is 2.29. The van der Waals surface area contributed by atoms with Gasteiger partial charge in [0.15, 0.2) is 0 Å². The summed E-state index contributed by atoms with van der Waals surface area (Å²) < 4.78 is 23.2. The average molecular weight is 917 g/mol. The Labute approximate surface area is 392 Å². The zero-order valence-electron chi connectivity index (χ0n) is 42.7. The van der Waals surface area contributed by atoms with Gasteiger partial charge >= 0.3 is 0 Å². The Hall–Kier alpha value is -0.540. The van der Waals surface area contributed by atoms with Crippen molar-refractivity contribution in [3.8, 4) is 0 Å². The number of aliphatic hydroxyl groups excluding tert-OH is 2. The van der Waals surface area contributed by atoms with Crippen LogP contribution in [0.5, 0.6) is 0 Å². The number of likely N-dealkylation sites (N-methyl/N-ethyl adjacent to an activating group) is 1. The second-order valence-corrected chi connectivity index (χ2v) is 21.9. The maximum Gasteiger partial charge on any atom is 0.268 e. The van der Waals surface area contributed by atoms with E-state index in [1.807, 2.05) is 21.1 Å². The van der Waals surface area contributed by atoms with E-state index in [2.05, 4.69) is 19.2 Å². The number of carbonyl (C=O) groups excluding carboxylic acids is 1. The zero-order valence-corrected chi connectivity index (χ0v) is 43.6. The quantitative estimate of drug-likeness (QED) is 0.0315. The van der Waals surface area contributed by atoms with Crippen LogP contribution in [0.2, 0.25) is 0 Å². The van der Waals surface area contributed by atoms with Gasteiger partial charge in [0, 0.05) is 6.42 Å². The first-order valence-corrected chi connectivity index (χ1v) is 28.9. The fourth-order valence-corrected chi connectivity index (χ4v) is 9.27. The smallest absolute Gasteiger partial charge is 0.268 e. The highest BCUT2D eigenvalue weighted by molar-refractivity contribution is 7.45. The van der Waals surface area contributed by atoms with Crippen LogP contribution in [-0.4, -0.2) is 79.8 Å². The summed E-state index contributed by atoms with van der Waals surface area (Å²) in [6, 6.07) is -1.07. The molecule has 3 N–H and O–H groups in total. The van der Waals surface area contributed by atoms with Crippen molar-refractivity contribution in [2.24, 2.45) is 0 Å². The monoisotopic (exact) mass is 917 g/mol. The minimum atomic E-state index is -4.66. The van der Waals surface area contributed by atoms with Crippen molar-refractivity contribution in [3.05, 3.63) is 0 Å². The van der Waals surface area contributed by atoms with Crippen LogP contribution in [0.15, 0.2) is 0 Å². The van der Waals surface area contributed by atoms with Crippen molar-refractivity contribution < 1.29 is 38.0 Å². The number of phosphoric ester groups is 1. The van der Waals surface area contributed by atoms with E-state index in [1.54, 1.807) is 0 Å². The Morgan fingerprint density at radius 1 is 0.508 bits per heavy atom. The second-order valence-electron chi connectivity index (χ2n) is 20.4. The number of carbonyl (C=O) groups is 1. The van der Waals surface area contributed by atoms with Gasteiger partial charge in [0.25, 0.3) is 7.82 Å². The lowest BCUT2D eigenvalue weighted by Crippen LogP contribution is -2.51. The van der Waals surface area contributed by atoms with Crippen LogP contribution >= 0.6 is 7.82 Å². The van der Waals surface area contributed by atoms with Gasteiger partial charge < -0.3 is 34.0 Å². The topological polar surface area (TPSA) is 128 Å². The Kier molecular flexibility index (Phi) is 44.9. The predicted octanol–water partition coefficient (Wildman–Crippen LogP) is 14.4. The van der Waals surface area contributed by atoms with Gasteiger partial charge in [-0.2, -0.15) is 0 Å². The van der Waals surface area contributed by atoms with E-state index in [4.69, 9.17) is 9.05 Å². The summed E-state index contributed by atoms with van der Waals surface area (Å²) in [6.07, 6.45) is 48.8. The molecule has 0 spiro atoms. The number of nitrogens with one attached hydrogen (secondary N) is 1. The molecule has 0 aromatic rings. The lowest BCUT2D eigenvalue weighted by atomic mass is 9.99. The number of phosphoric acid groups is 1. The summed E-state index contributed by atoms with van der Waals surface area (Å²) in [7, 11) is 1.14. The number of hydrogen-bond acceptors (Lipinski definition) is 7. The summed E-state index contributed by atoms with van der Waals surface area (Å²) in [4.78, 5) is 25.5. The van der Waals surface area contributed by atoms with Crippen LogP contribution in [-0.2, 0) is 18.4 Å². The molecule has 10 heteroatoms. The molecule has 0 fully saturated rings. The van der Waals surface area contributed by atoms with Crippen molar-refractivity contribution in [1.82, 2.24) is 5.32 Å². The van der Waals surface area contributed by atoms with E-state index in [0.29, 0.717) is 17.4 Å². The van der Waals surface area contributed by atoms with Crippen LogP contribution < -0.4 is 10.2 Å². The standard InChI is InChI=1S/C53H109N2O7P/c1-6-8-10-12-14-16-18-20-21-22-23-24-25-26-27-28-29-30-31-32-33-34-36-38-40-42-44-46-52(57)54-50(49-62-63(59,60)61-48-47-55(3,4)5)53(58)51(56)45-43-41-39-37-35-19-17-15-13-11-9-7-2/h50-51,53,56,58H,6-49H2,1-5H3,(H-,54,57,59,60). The van der Waals surface area contributed by atoms with E-state index in [-0.39, 0.29) is 18.9 Å². The molecule has 0 bridgehead atoms. The van der Waals surface area contributed by atoms with Crippen LogP contribution in [0.25, 0.3) is 0 Å². The van der Waals surface area contributed by atoms with Crippen molar-refractivity contribution in [3.63, 3.8) is 0 Å². The fraction of sp³-hybridized carbons (Fsp3) is 0.981. The number of quaternary nitrogens is 1. The maximum absolute atomic E-state index is 13.0. The molecule has 0 rings (SSSR count). The molecule has 0 aromatic heterocycles.